The molecule has 0 spiro atoms. The number of nitrogens with two attached hydrogens (primary N) is 1. The molecule has 2 fully saturated rings. The zero-order chi connectivity index (χ0) is 10.5. The van der Waals surface area contributed by atoms with E-state index in [4.69, 9.17) is 10.7 Å². The molecule has 1 heterocycles. The molecule has 2 aliphatic rings. The van der Waals surface area contributed by atoms with Crippen LogP contribution in [0.25, 0.3) is 0 Å². The third kappa shape index (κ3) is 1.62. The molecule has 0 bridgehead atoms. The SMILES string of the molecule is Cc1sc(C2(N)CCCC2)nc1C1CC1. The fourth-order valence-electron chi connectivity index (χ4n) is 2.58. The summed E-state index contributed by atoms with van der Waals surface area (Å²) in [6.45, 7) is 2.20. The Morgan fingerprint density at radius 2 is 2.00 bits per heavy atom. The molecule has 1 aromatic rings. The molecule has 15 heavy (non-hydrogen) atoms. The van der Waals surface area contributed by atoms with Gasteiger partial charge in [-0.3, -0.25) is 0 Å². The molecule has 0 atom stereocenters. The molecule has 82 valence electrons. The minimum atomic E-state index is -0.0808. The van der Waals surface area contributed by atoms with Gasteiger partial charge in [0.05, 0.1) is 11.2 Å². The highest BCUT2D eigenvalue weighted by Crippen LogP contribution is 2.45. The number of hydrogen-bond donors (Lipinski definition) is 1. The van der Waals surface area contributed by atoms with Crippen LogP contribution >= 0.6 is 11.3 Å². The standard InChI is InChI=1S/C12H18N2S/c1-8-10(9-4-5-9)14-11(15-8)12(13)6-2-3-7-12/h9H,2-7,13H2,1H3. The molecule has 2 aliphatic carbocycles. The highest BCUT2D eigenvalue weighted by molar-refractivity contribution is 7.11. The fourth-order valence-corrected chi connectivity index (χ4v) is 3.73. The first-order chi connectivity index (χ1) is 7.19. The van der Waals surface area contributed by atoms with Crippen molar-refractivity contribution in [1.82, 2.24) is 4.98 Å². The van der Waals surface area contributed by atoms with Gasteiger partial charge in [0.25, 0.3) is 0 Å². The van der Waals surface area contributed by atoms with E-state index in [-0.39, 0.29) is 5.54 Å². The van der Waals surface area contributed by atoms with E-state index in [1.54, 1.807) is 0 Å². The minimum Gasteiger partial charge on any atom is -0.319 e. The summed E-state index contributed by atoms with van der Waals surface area (Å²) in [5.74, 6) is 0.764. The lowest BCUT2D eigenvalue weighted by molar-refractivity contribution is 0.458. The van der Waals surface area contributed by atoms with Crippen molar-refractivity contribution in [3.05, 3.63) is 15.6 Å². The molecule has 1 aromatic heterocycles. The van der Waals surface area contributed by atoms with E-state index < -0.39 is 0 Å². The van der Waals surface area contributed by atoms with Crippen LogP contribution in [0.15, 0.2) is 0 Å². The molecular formula is C12H18N2S. The predicted molar refractivity (Wildman–Crippen MR) is 63.2 cm³/mol. The van der Waals surface area contributed by atoms with Crippen molar-refractivity contribution in [2.24, 2.45) is 5.73 Å². The summed E-state index contributed by atoms with van der Waals surface area (Å²) in [4.78, 5) is 6.23. The Hall–Kier alpha value is -0.410. The van der Waals surface area contributed by atoms with Crippen molar-refractivity contribution in [1.29, 1.82) is 0 Å². The Morgan fingerprint density at radius 1 is 1.33 bits per heavy atom. The Labute approximate surface area is 94.9 Å². The lowest BCUT2D eigenvalue weighted by Gasteiger charge is -2.19. The molecule has 0 aromatic carbocycles. The summed E-state index contributed by atoms with van der Waals surface area (Å²) in [5.41, 5.74) is 7.70. The largest absolute Gasteiger partial charge is 0.319 e. The molecule has 2 saturated carbocycles. The first-order valence-corrected chi connectivity index (χ1v) is 6.77. The van der Waals surface area contributed by atoms with Crippen LogP contribution in [0.1, 0.15) is 60.0 Å². The third-order valence-corrected chi connectivity index (χ3v) is 4.92. The lowest BCUT2D eigenvalue weighted by atomic mass is 10.0. The smallest absolute Gasteiger partial charge is 0.113 e. The van der Waals surface area contributed by atoms with Crippen LogP contribution in [0.4, 0.5) is 0 Å². The minimum absolute atomic E-state index is 0.0808. The van der Waals surface area contributed by atoms with Crippen molar-refractivity contribution in [3.8, 4) is 0 Å². The highest BCUT2D eigenvalue weighted by Gasteiger charge is 2.36. The number of thiazole rings is 1. The van der Waals surface area contributed by atoms with Gasteiger partial charge in [-0.1, -0.05) is 12.8 Å². The van der Waals surface area contributed by atoms with E-state index in [2.05, 4.69) is 6.92 Å². The summed E-state index contributed by atoms with van der Waals surface area (Å²) in [6.07, 6.45) is 7.47. The summed E-state index contributed by atoms with van der Waals surface area (Å²) in [7, 11) is 0. The van der Waals surface area contributed by atoms with Crippen LogP contribution in [0.3, 0.4) is 0 Å². The maximum absolute atomic E-state index is 6.43. The Kier molecular flexibility index (Phi) is 2.15. The Morgan fingerprint density at radius 3 is 2.60 bits per heavy atom. The molecule has 0 amide bonds. The van der Waals surface area contributed by atoms with Gasteiger partial charge in [-0.25, -0.2) is 4.98 Å². The average molecular weight is 222 g/mol. The van der Waals surface area contributed by atoms with Crippen molar-refractivity contribution in [2.75, 3.05) is 0 Å². The van der Waals surface area contributed by atoms with E-state index in [0.29, 0.717) is 0 Å². The number of aryl methyl sites for hydroxylation is 1. The zero-order valence-electron chi connectivity index (χ0n) is 9.25. The second kappa shape index (κ2) is 3.29. The molecule has 0 radical (unpaired) electrons. The molecule has 3 heteroatoms. The molecule has 0 unspecified atom stereocenters. The van der Waals surface area contributed by atoms with Crippen molar-refractivity contribution in [3.63, 3.8) is 0 Å². The van der Waals surface area contributed by atoms with Gasteiger partial charge < -0.3 is 5.73 Å². The number of rotatable bonds is 2. The van der Waals surface area contributed by atoms with Gasteiger partial charge in [-0.15, -0.1) is 11.3 Å². The van der Waals surface area contributed by atoms with Gasteiger partial charge in [0.1, 0.15) is 5.01 Å². The number of hydrogen-bond acceptors (Lipinski definition) is 3. The van der Waals surface area contributed by atoms with Crippen molar-refractivity contribution >= 4 is 11.3 Å². The Balaban J connectivity index is 1.94. The van der Waals surface area contributed by atoms with E-state index in [1.165, 1.54) is 41.3 Å². The van der Waals surface area contributed by atoms with Gasteiger partial charge in [-0.2, -0.15) is 0 Å². The third-order valence-electron chi connectivity index (χ3n) is 3.72. The molecule has 2 N–H and O–H groups in total. The van der Waals surface area contributed by atoms with Crippen LogP contribution in [0.5, 0.6) is 0 Å². The summed E-state index contributed by atoms with van der Waals surface area (Å²) in [5, 5.41) is 1.21. The second-order valence-electron chi connectivity index (χ2n) is 5.10. The van der Waals surface area contributed by atoms with Crippen LogP contribution in [0, 0.1) is 6.92 Å². The monoisotopic (exact) mass is 222 g/mol. The normalized spacial score (nSPS) is 24.7. The van der Waals surface area contributed by atoms with E-state index in [0.717, 1.165) is 18.8 Å². The van der Waals surface area contributed by atoms with E-state index in [9.17, 15) is 0 Å². The molecule has 3 rings (SSSR count). The summed E-state index contributed by atoms with van der Waals surface area (Å²) in [6, 6.07) is 0. The number of nitrogens with zero attached hydrogens (tertiary/aromatic N) is 1. The van der Waals surface area contributed by atoms with Crippen LogP contribution in [-0.2, 0) is 5.54 Å². The second-order valence-corrected chi connectivity index (χ2v) is 6.30. The zero-order valence-corrected chi connectivity index (χ0v) is 10.1. The van der Waals surface area contributed by atoms with Crippen LogP contribution in [0.2, 0.25) is 0 Å². The summed E-state index contributed by atoms with van der Waals surface area (Å²) < 4.78 is 0. The highest BCUT2D eigenvalue weighted by atomic mass is 32.1. The van der Waals surface area contributed by atoms with Crippen molar-refractivity contribution in [2.45, 2.75) is 56.9 Å². The summed E-state index contributed by atoms with van der Waals surface area (Å²) >= 11 is 1.84. The maximum atomic E-state index is 6.43. The average Bonchev–Trinajstić information content (AvgIpc) is 2.83. The molecule has 0 saturated heterocycles. The lowest BCUT2D eigenvalue weighted by Crippen LogP contribution is -2.32. The van der Waals surface area contributed by atoms with Gasteiger partial charge in [0.15, 0.2) is 0 Å². The Bertz CT molecular complexity index is 373. The maximum Gasteiger partial charge on any atom is 0.113 e. The van der Waals surface area contributed by atoms with Crippen LogP contribution < -0.4 is 5.73 Å². The van der Waals surface area contributed by atoms with E-state index in [1.807, 2.05) is 11.3 Å². The topological polar surface area (TPSA) is 38.9 Å². The van der Waals surface area contributed by atoms with Gasteiger partial charge >= 0.3 is 0 Å². The van der Waals surface area contributed by atoms with Gasteiger partial charge in [0.2, 0.25) is 0 Å². The molecule has 2 nitrogen and oxygen atoms in total. The number of aromatic nitrogens is 1. The first kappa shape index (κ1) is 9.79. The van der Waals surface area contributed by atoms with E-state index >= 15 is 0 Å². The van der Waals surface area contributed by atoms with Crippen LogP contribution in [-0.4, -0.2) is 4.98 Å². The molecular weight excluding hydrogens is 204 g/mol. The first-order valence-electron chi connectivity index (χ1n) is 5.96. The quantitative estimate of drug-likeness (QED) is 0.835. The predicted octanol–water partition coefficient (Wildman–Crippen LogP) is 3.06. The van der Waals surface area contributed by atoms with Gasteiger partial charge in [-0.05, 0) is 32.6 Å². The van der Waals surface area contributed by atoms with Crippen molar-refractivity contribution < 1.29 is 0 Å². The fraction of sp³-hybridized carbons (Fsp3) is 0.750. The molecule has 0 aliphatic heterocycles. The van der Waals surface area contributed by atoms with Gasteiger partial charge in [0, 0.05) is 10.8 Å².